The molecule has 0 fully saturated rings. The normalized spacial score (nSPS) is 11.9. The van der Waals surface area contributed by atoms with Gasteiger partial charge in [0.15, 0.2) is 0 Å². The van der Waals surface area contributed by atoms with E-state index in [0.717, 1.165) is 0 Å². The molecule has 1 unspecified atom stereocenters. The molecule has 6 heteroatoms. The highest BCUT2D eigenvalue weighted by Crippen LogP contribution is 2.20. The highest BCUT2D eigenvalue weighted by Gasteiger charge is 2.20. The second kappa shape index (κ2) is 5.94. The van der Waals surface area contributed by atoms with Crippen molar-refractivity contribution in [1.29, 1.82) is 0 Å². The molecule has 0 radical (unpaired) electrons. The topological polar surface area (TPSA) is 64.6 Å². The molecule has 98 valence electrons. The Hall–Kier alpha value is -1.45. The van der Waals surface area contributed by atoms with Gasteiger partial charge in [-0.3, -0.25) is 5.32 Å². The predicted molar refractivity (Wildman–Crippen MR) is 70.5 cm³/mol. The van der Waals surface area contributed by atoms with Crippen molar-refractivity contribution in [3.05, 3.63) is 24.3 Å². The van der Waals surface area contributed by atoms with Crippen molar-refractivity contribution >= 4 is 25.1 Å². The second-order valence-electron chi connectivity index (χ2n) is 4.61. The third kappa shape index (κ3) is 4.82. The smallest absolute Gasteiger partial charge is 0.444 e. The van der Waals surface area contributed by atoms with E-state index in [4.69, 9.17) is 9.26 Å². The maximum atomic E-state index is 11.5. The second-order valence-corrected chi connectivity index (χ2v) is 6.01. The number of carbonyl (C=O) groups excluding carboxylic acids is 1. The van der Waals surface area contributed by atoms with Crippen LogP contribution in [0.15, 0.2) is 24.3 Å². The van der Waals surface area contributed by atoms with Crippen LogP contribution in [0.2, 0.25) is 0 Å². The average molecular weight is 270 g/mol. The van der Waals surface area contributed by atoms with Gasteiger partial charge >= 0.3 is 14.1 Å². The summed E-state index contributed by atoms with van der Waals surface area (Å²) in [4.78, 5) is 11.5. The minimum atomic E-state index is -1.82. The van der Waals surface area contributed by atoms with Gasteiger partial charge < -0.3 is 4.74 Å². The number of carbonyl (C=O) groups is 1. The Balaban J connectivity index is 2.64. The van der Waals surface area contributed by atoms with E-state index in [1.54, 1.807) is 45.0 Å². The van der Waals surface area contributed by atoms with Crippen LogP contribution >= 0.6 is 8.03 Å². The lowest BCUT2D eigenvalue weighted by molar-refractivity contribution is 0.0636. The number of hydrogen-bond donors (Lipinski definition) is 1. The Morgan fingerprint density at radius 1 is 1.22 bits per heavy atom. The Kier molecular flexibility index (Phi) is 4.82. The molecule has 0 saturated carbocycles. The molecule has 5 nitrogen and oxygen atoms in total. The van der Waals surface area contributed by atoms with Gasteiger partial charge in [-0.25, -0.2) is 4.79 Å². The molecule has 0 saturated heterocycles. The van der Waals surface area contributed by atoms with Crippen LogP contribution in [0, 0.1) is 0 Å². The van der Waals surface area contributed by atoms with Crippen LogP contribution in [0.1, 0.15) is 20.8 Å². The van der Waals surface area contributed by atoms with Crippen LogP contribution < -0.4 is 10.6 Å². The molecule has 0 aliphatic heterocycles. The maximum absolute atomic E-state index is 11.5. The monoisotopic (exact) mass is 270 g/mol. The number of ether oxygens (including phenoxy) is 1. The predicted octanol–water partition coefficient (Wildman–Crippen LogP) is 3.05. The molecule has 1 amide bonds. The van der Waals surface area contributed by atoms with Crippen molar-refractivity contribution in [2.45, 2.75) is 26.4 Å². The standard InChI is InChI=1S/C12H16NO4P/c1-12(2,3)17-11(14)13-9-5-7-10(8-6-9)18(15)16-4/h5-8H,1-4H3/p+1. The fourth-order valence-corrected chi connectivity index (χ4v) is 1.80. The van der Waals surface area contributed by atoms with Crippen LogP contribution in [-0.4, -0.2) is 18.8 Å². The van der Waals surface area contributed by atoms with E-state index in [9.17, 15) is 9.36 Å². The minimum Gasteiger partial charge on any atom is -0.444 e. The van der Waals surface area contributed by atoms with Gasteiger partial charge in [-0.05, 0) is 49.6 Å². The number of amides is 1. The molecule has 1 rings (SSSR count). The lowest BCUT2D eigenvalue weighted by Gasteiger charge is -2.19. The summed E-state index contributed by atoms with van der Waals surface area (Å²) in [6.45, 7) is 5.37. The van der Waals surface area contributed by atoms with Crippen molar-refractivity contribution in [2.24, 2.45) is 0 Å². The van der Waals surface area contributed by atoms with Crippen LogP contribution in [0.5, 0.6) is 0 Å². The maximum Gasteiger partial charge on any atom is 0.548 e. The number of hydrogen-bond acceptors (Lipinski definition) is 4. The van der Waals surface area contributed by atoms with Crippen molar-refractivity contribution in [2.75, 3.05) is 12.4 Å². The molecule has 18 heavy (non-hydrogen) atoms. The first kappa shape index (κ1) is 14.6. The molecule has 0 bridgehead atoms. The van der Waals surface area contributed by atoms with E-state index in [-0.39, 0.29) is 0 Å². The van der Waals surface area contributed by atoms with Crippen LogP contribution in [0.25, 0.3) is 0 Å². The van der Waals surface area contributed by atoms with Gasteiger partial charge in [0, 0.05) is 5.69 Å². The summed E-state index contributed by atoms with van der Waals surface area (Å²) < 4.78 is 21.2. The quantitative estimate of drug-likeness (QED) is 0.857. The molecule has 1 aromatic carbocycles. The third-order valence-corrected chi connectivity index (χ3v) is 2.94. The van der Waals surface area contributed by atoms with Gasteiger partial charge in [0.1, 0.15) is 5.60 Å². The van der Waals surface area contributed by atoms with E-state index in [0.29, 0.717) is 11.0 Å². The summed E-state index contributed by atoms with van der Waals surface area (Å²) in [5, 5.41) is 3.16. The van der Waals surface area contributed by atoms with Crippen LogP contribution in [-0.2, 0) is 13.8 Å². The largest absolute Gasteiger partial charge is 0.548 e. The van der Waals surface area contributed by atoms with Gasteiger partial charge in [0.05, 0.1) is 7.11 Å². The van der Waals surface area contributed by atoms with E-state index >= 15 is 0 Å². The first-order valence-electron chi connectivity index (χ1n) is 5.43. The zero-order valence-corrected chi connectivity index (χ0v) is 11.8. The van der Waals surface area contributed by atoms with Gasteiger partial charge in [-0.2, -0.15) is 0 Å². The Labute approximate surface area is 107 Å². The van der Waals surface area contributed by atoms with Gasteiger partial charge in [-0.1, -0.05) is 0 Å². The first-order chi connectivity index (χ1) is 8.31. The first-order valence-corrected chi connectivity index (χ1v) is 6.61. The number of rotatable bonds is 3. The minimum absolute atomic E-state index is 0.522. The molecule has 0 aliphatic carbocycles. The summed E-state index contributed by atoms with van der Waals surface area (Å²) in [5.41, 5.74) is 0.0381. The fraction of sp³-hybridized carbons (Fsp3) is 0.417. The average Bonchev–Trinajstić information content (AvgIpc) is 2.26. The Morgan fingerprint density at radius 3 is 2.22 bits per heavy atom. The summed E-state index contributed by atoms with van der Waals surface area (Å²) in [5.74, 6) is 0. The molecule has 0 aliphatic rings. The lowest BCUT2D eigenvalue weighted by Crippen LogP contribution is -2.27. The summed E-state index contributed by atoms with van der Waals surface area (Å²) in [7, 11) is -0.442. The van der Waals surface area contributed by atoms with Gasteiger partial charge in [-0.15, -0.1) is 4.52 Å². The van der Waals surface area contributed by atoms with Crippen molar-refractivity contribution in [3.63, 3.8) is 0 Å². The SMILES string of the molecule is CO[P+](=O)c1ccc(NC(=O)OC(C)(C)C)cc1. The highest BCUT2D eigenvalue weighted by atomic mass is 31.1. The summed E-state index contributed by atoms with van der Waals surface area (Å²) in [6, 6.07) is 6.56. The van der Waals surface area contributed by atoms with Crippen molar-refractivity contribution in [3.8, 4) is 0 Å². The summed E-state index contributed by atoms with van der Waals surface area (Å²) >= 11 is 0. The van der Waals surface area contributed by atoms with Gasteiger partial charge in [0.25, 0.3) is 0 Å². The van der Waals surface area contributed by atoms with E-state index in [2.05, 4.69) is 5.32 Å². The number of nitrogens with one attached hydrogen (secondary N) is 1. The fourth-order valence-electron chi connectivity index (χ4n) is 1.19. The Morgan fingerprint density at radius 2 is 1.78 bits per heavy atom. The zero-order chi connectivity index (χ0) is 13.8. The lowest BCUT2D eigenvalue weighted by atomic mass is 10.2. The van der Waals surface area contributed by atoms with Crippen LogP contribution in [0.4, 0.5) is 10.5 Å². The zero-order valence-electron chi connectivity index (χ0n) is 10.9. The van der Waals surface area contributed by atoms with Crippen LogP contribution in [0.3, 0.4) is 0 Å². The van der Waals surface area contributed by atoms with E-state index < -0.39 is 19.7 Å². The molecule has 1 N–H and O–H groups in total. The van der Waals surface area contributed by atoms with Crippen molar-refractivity contribution in [1.82, 2.24) is 0 Å². The molecule has 1 atom stereocenters. The van der Waals surface area contributed by atoms with E-state index in [1.807, 2.05) is 0 Å². The molecular formula is C12H17NO4P+. The Bertz CT molecular complexity index is 436. The van der Waals surface area contributed by atoms with Crippen molar-refractivity contribution < 1.29 is 18.6 Å². The molecule has 0 aromatic heterocycles. The van der Waals surface area contributed by atoms with Gasteiger partial charge in [0.2, 0.25) is 5.30 Å². The summed E-state index contributed by atoms with van der Waals surface area (Å²) in [6.07, 6.45) is -0.522. The number of anilines is 1. The van der Waals surface area contributed by atoms with E-state index in [1.165, 1.54) is 7.11 Å². The molecular weight excluding hydrogens is 253 g/mol. The highest BCUT2D eigenvalue weighted by molar-refractivity contribution is 7.48. The molecule has 0 heterocycles. The molecule has 1 aromatic rings. The third-order valence-electron chi connectivity index (χ3n) is 1.89. The molecule has 0 spiro atoms. The number of benzene rings is 1.